The summed E-state index contributed by atoms with van der Waals surface area (Å²) in [6, 6.07) is 0. The molecule has 0 fully saturated rings. The van der Waals surface area contributed by atoms with E-state index in [-0.39, 0.29) is 5.89 Å². The lowest BCUT2D eigenvalue weighted by Crippen LogP contribution is -2.04. The maximum absolute atomic E-state index is 11.6. The molecule has 1 aromatic rings. The number of nitrogens with zero attached hydrogens (tertiary/aromatic N) is 1. The average molecular weight is 150 g/mol. The van der Waals surface area contributed by atoms with Gasteiger partial charge in [-0.15, -0.1) is 0 Å². The fraction of sp³-hybridized carbons (Fsp3) is 0.400. The second kappa shape index (κ2) is 2.00. The summed E-state index contributed by atoms with van der Waals surface area (Å²) in [5.74, 6) is -0.0349. The minimum Gasteiger partial charge on any atom is -0.437 e. The van der Waals surface area contributed by atoms with Crippen molar-refractivity contribution >= 4 is 0 Å². The van der Waals surface area contributed by atoms with Gasteiger partial charge in [0.2, 0.25) is 6.26 Å². The Balaban J connectivity index is 2.96. The molecule has 0 aromatic carbocycles. The van der Waals surface area contributed by atoms with E-state index in [9.17, 15) is 13.2 Å². The molecule has 0 atom stereocenters. The van der Waals surface area contributed by atoms with Crippen LogP contribution in [0.5, 0.6) is 0 Å². The Hall–Kier alpha value is -1.00. The van der Waals surface area contributed by atoms with Crippen LogP contribution in [0.25, 0.3) is 0 Å². The van der Waals surface area contributed by atoms with E-state index in [0.717, 1.165) is 0 Å². The molecule has 10 heavy (non-hydrogen) atoms. The lowest BCUT2D eigenvalue weighted by Gasteiger charge is -1.96. The third kappa shape index (κ3) is 1.29. The maximum atomic E-state index is 11.6. The third-order valence-electron chi connectivity index (χ3n) is 0.833. The second-order valence-corrected chi connectivity index (χ2v) is 1.68. The zero-order valence-corrected chi connectivity index (χ0v) is 4.99. The van der Waals surface area contributed by atoms with Crippen LogP contribution in [-0.2, 0) is 6.18 Å². The quantitative estimate of drug-likeness (QED) is 0.563. The SMILES string of the molecule is Cc1nc(C(F)(F)F)[c]o1. The molecule has 1 aromatic heterocycles. The van der Waals surface area contributed by atoms with Gasteiger partial charge in [0.05, 0.1) is 0 Å². The highest BCUT2D eigenvalue weighted by atomic mass is 19.4. The van der Waals surface area contributed by atoms with E-state index in [1.54, 1.807) is 6.26 Å². The van der Waals surface area contributed by atoms with Crippen molar-refractivity contribution in [2.45, 2.75) is 13.1 Å². The predicted octanol–water partition coefficient (Wildman–Crippen LogP) is 1.80. The van der Waals surface area contributed by atoms with Gasteiger partial charge in [0.1, 0.15) is 0 Å². The number of oxazole rings is 1. The van der Waals surface area contributed by atoms with Gasteiger partial charge in [0.15, 0.2) is 11.6 Å². The van der Waals surface area contributed by atoms with Crippen molar-refractivity contribution in [1.82, 2.24) is 4.98 Å². The number of aromatic nitrogens is 1. The van der Waals surface area contributed by atoms with E-state index >= 15 is 0 Å². The van der Waals surface area contributed by atoms with Gasteiger partial charge in [-0.1, -0.05) is 0 Å². The van der Waals surface area contributed by atoms with Crippen LogP contribution >= 0.6 is 0 Å². The van der Waals surface area contributed by atoms with Crippen LogP contribution < -0.4 is 0 Å². The molecule has 0 unspecified atom stereocenters. The summed E-state index contributed by atoms with van der Waals surface area (Å²) < 4.78 is 39.2. The van der Waals surface area contributed by atoms with E-state index in [4.69, 9.17) is 0 Å². The van der Waals surface area contributed by atoms with E-state index < -0.39 is 11.9 Å². The number of rotatable bonds is 0. The van der Waals surface area contributed by atoms with Crippen LogP contribution in [0.2, 0.25) is 0 Å². The first-order chi connectivity index (χ1) is 4.50. The minimum atomic E-state index is -4.45. The molecule has 5 heteroatoms. The maximum Gasteiger partial charge on any atom is 0.437 e. The van der Waals surface area contributed by atoms with Gasteiger partial charge in [-0.3, -0.25) is 0 Å². The monoisotopic (exact) mass is 150 g/mol. The molecule has 0 saturated carbocycles. The number of hydrogen-bond acceptors (Lipinski definition) is 2. The van der Waals surface area contributed by atoms with Crippen molar-refractivity contribution in [2.75, 3.05) is 0 Å². The van der Waals surface area contributed by atoms with E-state index in [2.05, 4.69) is 9.40 Å². The zero-order valence-electron chi connectivity index (χ0n) is 4.99. The highest BCUT2D eigenvalue weighted by Gasteiger charge is 2.34. The molecule has 1 rings (SSSR count). The number of alkyl halides is 3. The minimum absolute atomic E-state index is 0.0349. The van der Waals surface area contributed by atoms with E-state index in [0.29, 0.717) is 0 Å². The number of halogens is 3. The van der Waals surface area contributed by atoms with Gasteiger partial charge in [0.25, 0.3) is 0 Å². The fourth-order valence-electron chi connectivity index (χ4n) is 0.447. The summed E-state index contributed by atoms with van der Waals surface area (Å²) in [5, 5.41) is 0. The smallest absolute Gasteiger partial charge is 0.437 e. The molecule has 0 bridgehead atoms. The number of hydrogen-bond donors (Lipinski definition) is 0. The molecule has 55 valence electrons. The molecular formula is C5H3F3NO. The molecule has 0 saturated heterocycles. The van der Waals surface area contributed by atoms with Crippen molar-refractivity contribution in [2.24, 2.45) is 0 Å². The van der Waals surface area contributed by atoms with Gasteiger partial charge in [-0.05, 0) is 0 Å². The van der Waals surface area contributed by atoms with Crippen molar-refractivity contribution in [3.63, 3.8) is 0 Å². The van der Waals surface area contributed by atoms with Crippen molar-refractivity contribution < 1.29 is 17.6 Å². The van der Waals surface area contributed by atoms with Gasteiger partial charge in [0, 0.05) is 6.92 Å². The highest BCUT2D eigenvalue weighted by Crippen LogP contribution is 2.27. The Kier molecular flexibility index (Phi) is 1.42. The van der Waals surface area contributed by atoms with Crippen molar-refractivity contribution in [3.05, 3.63) is 17.8 Å². The summed E-state index contributed by atoms with van der Waals surface area (Å²) >= 11 is 0. The van der Waals surface area contributed by atoms with Crippen LogP contribution in [-0.4, -0.2) is 4.98 Å². The lowest BCUT2D eigenvalue weighted by molar-refractivity contribution is -0.141. The fourth-order valence-corrected chi connectivity index (χ4v) is 0.447. The zero-order chi connectivity index (χ0) is 7.78. The van der Waals surface area contributed by atoms with Crippen molar-refractivity contribution in [1.29, 1.82) is 0 Å². The summed E-state index contributed by atoms with van der Waals surface area (Å²) in [5.41, 5.74) is -1.11. The standard InChI is InChI=1S/C5H3F3NO/c1-3-9-4(2-10-3)5(6,7)8/h1H3. The van der Waals surface area contributed by atoms with Crippen LogP contribution in [0.4, 0.5) is 13.2 Å². The van der Waals surface area contributed by atoms with Crippen molar-refractivity contribution in [3.8, 4) is 0 Å². The van der Waals surface area contributed by atoms with Gasteiger partial charge in [-0.2, -0.15) is 13.2 Å². The molecule has 0 N–H and O–H groups in total. The summed E-state index contributed by atoms with van der Waals surface area (Å²) in [6.45, 7) is 1.33. The van der Waals surface area contributed by atoms with Gasteiger partial charge < -0.3 is 4.42 Å². The number of aryl methyl sites for hydroxylation is 1. The lowest BCUT2D eigenvalue weighted by atomic mass is 10.5. The first-order valence-corrected chi connectivity index (χ1v) is 2.42. The first kappa shape index (κ1) is 7.11. The third-order valence-corrected chi connectivity index (χ3v) is 0.833. The molecule has 1 heterocycles. The average Bonchev–Trinajstić information content (AvgIpc) is 2.11. The van der Waals surface area contributed by atoms with Crippen LogP contribution in [0.3, 0.4) is 0 Å². The molecule has 1 radical (unpaired) electrons. The van der Waals surface area contributed by atoms with E-state index in [1.165, 1.54) is 6.92 Å². The van der Waals surface area contributed by atoms with E-state index in [1.807, 2.05) is 0 Å². The summed E-state index contributed by atoms with van der Waals surface area (Å²) in [7, 11) is 0. The van der Waals surface area contributed by atoms with Gasteiger partial charge >= 0.3 is 6.18 Å². The molecule has 0 amide bonds. The second-order valence-electron chi connectivity index (χ2n) is 1.68. The molecule has 0 aliphatic rings. The Morgan fingerprint density at radius 3 is 2.30 bits per heavy atom. The normalized spacial score (nSPS) is 12.0. The Bertz CT molecular complexity index is 227. The molecule has 0 aliphatic carbocycles. The highest BCUT2D eigenvalue weighted by molar-refractivity contribution is 4.97. The van der Waals surface area contributed by atoms with Crippen LogP contribution in [0.15, 0.2) is 4.42 Å². The summed E-state index contributed by atoms with van der Waals surface area (Å²) in [6.07, 6.45) is -2.81. The first-order valence-electron chi connectivity index (χ1n) is 2.42. The topological polar surface area (TPSA) is 26.0 Å². The largest absolute Gasteiger partial charge is 0.437 e. The Morgan fingerprint density at radius 2 is 2.10 bits per heavy atom. The molecule has 2 nitrogen and oxygen atoms in total. The van der Waals surface area contributed by atoms with Gasteiger partial charge in [-0.25, -0.2) is 4.98 Å². The molecule has 0 spiro atoms. The summed E-state index contributed by atoms with van der Waals surface area (Å²) in [4.78, 5) is 3.03. The molecular weight excluding hydrogens is 147 g/mol. The Morgan fingerprint density at radius 1 is 1.50 bits per heavy atom. The van der Waals surface area contributed by atoms with Crippen LogP contribution in [0, 0.1) is 13.2 Å². The Labute approximate surface area is 54.7 Å². The van der Waals surface area contributed by atoms with Crippen LogP contribution in [0.1, 0.15) is 11.6 Å². The molecule has 0 aliphatic heterocycles. The predicted molar refractivity (Wildman–Crippen MR) is 25.1 cm³/mol.